The molecule has 0 aliphatic carbocycles. The Labute approximate surface area is 130 Å². The second-order valence-electron chi connectivity index (χ2n) is 5.39. The van der Waals surface area contributed by atoms with Gasteiger partial charge in [0.05, 0.1) is 12.8 Å². The standard InChI is InChI=1S/C17H23N3O2/c1-4-5-9-20-17(21)15(12(2)18)11-16(19-20)13-7-6-8-14(10-13)22-3/h6-8,10-12H,4-5,9,18H2,1-3H3. The van der Waals surface area contributed by atoms with E-state index in [4.69, 9.17) is 10.5 Å². The molecule has 2 rings (SSSR count). The van der Waals surface area contributed by atoms with Gasteiger partial charge in [0, 0.05) is 23.7 Å². The zero-order chi connectivity index (χ0) is 16.1. The minimum atomic E-state index is -0.326. The van der Waals surface area contributed by atoms with Gasteiger partial charge in [0.1, 0.15) is 5.75 Å². The Kier molecular flexibility index (Phi) is 5.33. The number of aryl methyl sites for hydroxylation is 1. The Hall–Kier alpha value is -2.14. The molecule has 1 aromatic heterocycles. The zero-order valence-electron chi connectivity index (χ0n) is 13.4. The first-order valence-corrected chi connectivity index (χ1v) is 7.59. The molecule has 0 radical (unpaired) electrons. The quantitative estimate of drug-likeness (QED) is 0.890. The molecule has 2 N–H and O–H groups in total. The van der Waals surface area contributed by atoms with E-state index in [1.165, 1.54) is 4.68 Å². The first kappa shape index (κ1) is 16.2. The summed E-state index contributed by atoms with van der Waals surface area (Å²) in [6.07, 6.45) is 1.91. The lowest BCUT2D eigenvalue weighted by atomic mass is 10.1. The number of nitrogens with two attached hydrogens (primary N) is 1. The van der Waals surface area contributed by atoms with Crippen LogP contribution < -0.4 is 16.0 Å². The van der Waals surface area contributed by atoms with Crippen LogP contribution in [0, 0.1) is 0 Å². The Morgan fingerprint density at radius 1 is 1.36 bits per heavy atom. The van der Waals surface area contributed by atoms with Crippen molar-refractivity contribution in [3.63, 3.8) is 0 Å². The number of hydrogen-bond donors (Lipinski definition) is 1. The van der Waals surface area contributed by atoms with Crippen molar-refractivity contribution < 1.29 is 4.74 Å². The SMILES string of the molecule is CCCCn1nc(-c2cccc(OC)c2)cc(C(C)N)c1=O. The summed E-state index contributed by atoms with van der Waals surface area (Å²) in [6.45, 7) is 4.51. The van der Waals surface area contributed by atoms with Crippen molar-refractivity contribution in [2.75, 3.05) is 7.11 Å². The van der Waals surface area contributed by atoms with E-state index in [1.54, 1.807) is 13.2 Å². The van der Waals surface area contributed by atoms with Crippen LogP contribution in [0.3, 0.4) is 0 Å². The molecule has 1 aromatic carbocycles. The van der Waals surface area contributed by atoms with E-state index in [-0.39, 0.29) is 11.6 Å². The molecule has 0 bridgehead atoms. The largest absolute Gasteiger partial charge is 0.497 e. The van der Waals surface area contributed by atoms with Gasteiger partial charge in [0.25, 0.3) is 5.56 Å². The van der Waals surface area contributed by atoms with Crippen molar-refractivity contribution in [3.8, 4) is 17.0 Å². The topological polar surface area (TPSA) is 70.1 Å². The van der Waals surface area contributed by atoms with E-state index in [0.29, 0.717) is 12.1 Å². The van der Waals surface area contributed by atoms with Gasteiger partial charge in [-0.15, -0.1) is 0 Å². The molecular formula is C17H23N3O2. The van der Waals surface area contributed by atoms with Crippen LogP contribution in [0.2, 0.25) is 0 Å². The predicted molar refractivity (Wildman–Crippen MR) is 88.0 cm³/mol. The molecule has 0 saturated carbocycles. The third-order valence-corrected chi connectivity index (χ3v) is 3.58. The highest BCUT2D eigenvalue weighted by Gasteiger charge is 2.13. The smallest absolute Gasteiger partial charge is 0.271 e. The summed E-state index contributed by atoms with van der Waals surface area (Å²) in [7, 11) is 1.63. The lowest BCUT2D eigenvalue weighted by molar-refractivity contribution is 0.415. The van der Waals surface area contributed by atoms with Gasteiger partial charge in [0.15, 0.2) is 0 Å². The number of rotatable bonds is 6. The molecule has 0 amide bonds. The summed E-state index contributed by atoms with van der Waals surface area (Å²) in [6, 6.07) is 9.09. The summed E-state index contributed by atoms with van der Waals surface area (Å²) in [5.74, 6) is 0.757. The van der Waals surface area contributed by atoms with Gasteiger partial charge in [0.2, 0.25) is 0 Å². The molecule has 0 saturated heterocycles. The van der Waals surface area contributed by atoms with Crippen LogP contribution in [-0.2, 0) is 6.54 Å². The molecule has 2 aromatic rings. The second kappa shape index (κ2) is 7.22. The Balaban J connectivity index is 2.54. The van der Waals surface area contributed by atoms with Crippen molar-refractivity contribution >= 4 is 0 Å². The highest BCUT2D eigenvalue weighted by Crippen LogP contribution is 2.23. The monoisotopic (exact) mass is 301 g/mol. The maximum Gasteiger partial charge on any atom is 0.271 e. The fourth-order valence-corrected chi connectivity index (χ4v) is 2.27. The second-order valence-corrected chi connectivity index (χ2v) is 5.39. The van der Waals surface area contributed by atoms with Crippen molar-refractivity contribution in [1.29, 1.82) is 0 Å². The van der Waals surface area contributed by atoms with E-state index in [9.17, 15) is 4.79 Å². The van der Waals surface area contributed by atoms with E-state index >= 15 is 0 Å². The average molecular weight is 301 g/mol. The van der Waals surface area contributed by atoms with Crippen LogP contribution in [0.25, 0.3) is 11.3 Å². The molecular weight excluding hydrogens is 278 g/mol. The molecule has 0 spiro atoms. The summed E-state index contributed by atoms with van der Waals surface area (Å²) in [5, 5.41) is 4.49. The molecule has 0 aliphatic rings. The molecule has 118 valence electrons. The fraction of sp³-hybridized carbons (Fsp3) is 0.412. The molecule has 22 heavy (non-hydrogen) atoms. The van der Waals surface area contributed by atoms with Crippen molar-refractivity contribution in [3.05, 3.63) is 46.2 Å². The number of unbranched alkanes of at least 4 members (excludes halogenated alkanes) is 1. The summed E-state index contributed by atoms with van der Waals surface area (Å²) in [5.41, 5.74) is 8.08. The number of benzene rings is 1. The molecule has 1 atom stereocenters. The maximum atomic E-state index is 12.4. The number of methoxy groups -OCH3 is 1. The minimum absolute atomic E-state index is 0.102. The first-order chi connectivity index (χ1) is 10.6. The highest BCUT2D eigenvalue weighted by atomic mass is 16.5. The first-order valence-electron chi connectivity index (χ1n) is 7.59. The van der Waals surface area contributed by atoms with Crippen LogP contribution in [0.15, 0.2) is 35.1 Å². The molecule has 1 unspecified atom stereocenters. The van der Waals surface area contributed by atoms with E-state index in [2.05, 4.69) is 12.0 Å². The highest BCUT2D eigenvalue weighted by molar-refractivity contribution is 5.61. The summed E-state index contributed by atoms with van der Waals surface area (Å²) >= 11 is 0. The minimum Gasteiger partial charge on any atom is -0.497 e. The van der Waals surface area contributed by atoms with Gasteiger partial charge in [-0.1, -0.05) is 25.5 Å². The van der Waals surface area contributed by atoms with Crippen LogP contribution in [0.1, 0.15) is 38.3 Å². The third-order valence-electron chi connectivity index (χ3n) is 3.58. The van der Waals surface area contributed by atoms with E-state index < -0.39 is 0 Å². The van der Waals surface area contributed by atoms with E-state index in [1.807, 2.05) is 31.2 Å². The normalized spacial score (nSPS) is 12.2. The van der Waals surface area contributed by atoms with Crippen LogP contribution in [-0.4, -0.2) is 16.9 Å². The Morgan fingerprint density at radius 3 is 2.77 bits per heavy atom. The maximum absolute atomic E-state index is 12.4. The van der Waals surface area contributed by atoms with Gasteiger partial charge < -0.3 is 10.5 Å². The number of ether oxygens (including phenoxy) is 1. The van der Waals surface area contributed by atoms with E-state index in [0.717, 1.165) is 29.8 Å². The third kappa shape index (κ3) is 3.54. The Bertz CT molecular complexity index is 693. The zero-order valence-corrected chi connectivity index (χ0v) is 13.4. The lowest BCUT2D eigenvalue weighted by Crippen LogP contribution is -2.29. The number of nitrogens with zero attached hydrogens (tertiary/aromatic N) is 2. The lowest BCUT2D eigenvalue weighted by Gasteiger charge is -2.13. The van der Waals surface area contributed by atoms with Crippen LogP contribution >= 0.6 is 0 Å². The van der Waals surface area contributed by atoms with Crippen LogP contribution in [0.5, 0.6) is 5.75 Å². The van der Waals surface area contributed by atoms with Gasteiger partial charge in [-0.05, 0) is 31.5 Å². The molecule has 1 heterocycles. The average Bonchev–Trinajstić information content (AvgIpc) is 2.53. The number of aromatic nitrogens is 2. The molecule has 5 nitrogen and oxygen atoms in total. The number of hydrogen-bond acceptors (Lipinski definition) is 4. The van der Waals surface area contributed by atoms with Crippen LogP contribution in [0.4, 0.5) is 0 Å². The van der Waals surface area contributed by atoms with Crippen molar-refractivity contribution in [2.24, 2.45) is 5.73 Å². The van der Waals surface area contributed by atoms with Gasteiger partial charge in [-0.3, -0.25) is 4.79 Å². The van der Waals surface area contributed by atoms with Gasteiger partial charge >= 0.3 is 0 Å². The summed E-state index contributed by atoms with van der Waals surface area (Å²) in [4.78, 5) is 12.4. The summed E-state index contributed by atoms with van der Waals surface area (Å²) < 4.78 is 6.78. The Morgan fingerprint density at radius 2 is 2.14 bits per heavy atom. The molecule has 0 fully saturated rings. The molecule has 0 aliphatic heterocycles. The fourth-order valence-electron chi connectivity index (χ4n) is 2.27. The van der Waals surface area contributed by atoms with Gasteiger partial charge in [-0.2, -0.15) is 5.10 Å². The van der Waals surface area contributed by atoms with Crippen molar-refractivity contribution in [2.45, 2.75) is 39.3 Å². The van der Waals surface area contributed by atoms with Gasteiger partial charge in [-0.25, -0.2) is 4.68 Å². The molecule has 5 heteroatoms. The van der Waals surface area contributed by atoms with Crippen molar-refractivity contribution in [1.82, 2.24) is 9.78 Å². The predicted octanol–water partition coefficient (Wildman–Crippen LogP) is 2.74.